The van der Waals surface area contributed by atoms with Gasteiger partial charge in [-0.2, -0.15) is 0 Å². The van der Waals surface area contributed by atoms with Crippen molar-refractivity contribution < 1.29 is 23.9 Å². The van der Waals surface area contributed by atoms with Crippen LogP contribution < -0.4 is 0 Å². The quantitative estimate of drug-likeness (QED) is 0.632. The summed E-state index contributed by atoms with van der Waals surface area (Å²) in [7, 11) is 2.40. The Balaban J connectivity index is 2.36. The lowest BCUT2D eigenvalue weighted by Crippen LogP contribution is -2.42. The molecular formula is C17H18O5. The molecule has 0 atom stereocenters. The van der Waals surface area contributed by atoms with Crippen LogP contribution in [0.3, 0.4) is 0 Å². The predicted molar refractivity (Wildman–Crippen MR) is 79.7 cm³/mol. The van der Waals surface area contributed by atoms with Crippen LogP contribution in [0, 0.1) is 5.41 Å². The standard InChI is InChI=1S/C17H18O5/c1-21-15(19)17(16(20)22-2)9-8-13(10-14(18)11-17)12-6-4-3-5-7-12/h3-7,10H,8-9,11H2,1-2H3. The van der Waals surface area contributed by atoms with Crippen molar-refractivity contribution in [1.29, 1.82) is 0 Å². The lowest BCUT2D eigenvalue weighted by molar-refractivity contribution is -0.171. The highest BCUT2D eigenvalue weighted by Gasteiger charge is 2.50. The van der Waals surface area contributed by atoms with E-state index >= 15 is 0 Å². The number of carbonyl (C=O) groups is 3. The molecule has 1 aromatic carbocycles. The highest BCUT2D eigenvalue weighted by atomic mass is 16.5. The monoisotopic (exact) mass is 302 g/mol. The second kappa shape index (κ2) is 6.56. The molecule has 1 aliphatic rings. The molecule has 0 aromatic heterocycles. The van der Waals surface area contributed by atoms with Gasteiger partial charge in [-0.05, 0) is 30.1 Å². The van der Waals surface area contributed by atoms with E-state index in [1.54, 1.807) is 0 Å². The Hall–Kier alpha value is -2.43. The molecule has 0 saturated carbocycles. The molecule has 2 rings (SSSR count). The SMILES string of the molecule is COC(=O)C1(C(=O)OC)CCC(c2ccccc2)=CC(=O)C1. The smallest absolute Gasteiger partial charge is 0.323 e. The van der Waals surface area contributed by atoms with Gasteiger partial charge >= 0.3 is 11.9 Å². The molecule has 0 spiro atoms. The minimum atomic E-state index is -1.56. The van der Waals surface area contributed by atoms with Gasteiger partial charge in [0.15, 0.2) is 11.2 Å². The van der Waals surface area contributed by atoms with E-state index in [0.717, 1.165) is 11.1 Å². The van der Waals surface area contributed by atoms with Gasteiger partial charge in [0.25, 0.3) is 0 Å². The Labute approximate surface area is 128 Å². The number of ketones is 1. The fraction of sp³-hybridized carbons (Fsp3) is 0.353. The van der Waals surface area contributed by atoms with Crippen LogP contribution in [-0.2, 0) is 23.9 Å². The van der Waals surface area contributed by atoms with Crippen molar-refractivity contribution in [3.05, 3.63) is 42.0 Å². The molecule has 0 radical (unpaired) electrons. The zero-order chi connectivity index (χ0) is 16.2. The Morgan fingerprint density at radius 1 is 1.05 bits per heavy atom. The third-order valence-electron chi connectivity index (χ3n) is 3.93. The second-order valence-electron chi connectivity index (χ2n) is 5.24. The van der Waals surface area contributed by atoms with Gasteiger partial charge in [-0.15, -0.1) is 0 Å². The van der Waals surface area contributed by atoms with Crippen LogP contribution in [0.15, 0.2) is 36.4 Å². The molecule has 0 N–H and O–H groups in total. The lowest BCUT2D eigenvalue weighted by Gasteiger charge is -2.25. The molecule has 5 nitrogen and oxygen atoms in total. The van der Waals surface area contributed by atoms with Gasteiger partial charge in [-0.25, -0.2) is 0 Å². The largest absolute Gasteiger partial charge is 0.468 e. The van der Waals surface area contributed by atoms with E-state index in [9.17, 15) is 14.4 Å². The van der Waals surface area contributed by atoms with Crippen molar-refractivity contribution in [1.82, 2.24) is 0 Å². The Morgan fingerprint density at radius 3 is 2.18 bits per heavy atom. The first-order valence-corrected chi connectivity index (χ1v) is 6.99. The van der Waals surface area contributed by atoms with Crippen LogP contribution in [0.4, 0.5) is 0 Å². The first kappa shape index (κ1) is 15.9. The van der Waals surface area contributed by atoms with Crippen LogP contribution >= 0.6 is 0 Å². The molecule has 0 aliphatic heterocycles. The third kappa shape index (κ3) is 2.93. The summed E-state index contributed by atoms with van der Waals surface area (Å²) in [6.07, 6.45) is 1.87. The van der Waals surface area contributed by atoms with Crippen molar-refractivity contribution in [2.24, 2.45) is 5.41 Å². The van der Waals surface area contributed by atoms with Gasteiger partial charge in [0.2, 0.25) is 0 Å². The Morgan fingerprint density at radius 2 is 1.64 bits per heavy atom. The summed E-state index contributed by atoms with van der Waals surface area (Å²) in [6.45, 7) is 0. The lowest BCUT2D eigenvalue weighted by atomic mass is 9.79. The van der Waals surface area contributed by atoms with Crippen LogP contribution in [0.5, 0.6) is 0 Å². The number of ether oxygens (including phenoxy) is 2. The minimum absolute atomic E-state index is 0.179. The van der Waals surface area contributed by atoms with E-state index < -0.39 is 17.4 Å². The van der Waals surface area contributed by atoms with Crippen molar-refractivity contribution in [2.45, 2.75) is 19.3 Å². The van der Waals surface area contributed by atoms with Crippen LogP contribution in [0.2, 0.25) is 0 Å². The number of rotatable bonds is 3. The zero-order valence-electron chi connectivity index (χ0n) is 12.6. The van der Waals surface area contributed by atoms with Crippen molar-refractivity contribution in [2.75, 3.05) is 14.2 Å². The molecule has 116 valence electrons. The summed E-state index contributed by atoms with van der Waals surface area (Å²) < 4.78 is 9.49. The normalized spacial score (nSPS) is 17.2. The minimum Gasteiger partial charge on any atom is -0.468 e. The molecule has 1 aromatic rings. The molecule has 5 heteroatoms. The topological polar surface area (TPSA) is 69.7 Å². The number of esters is 2. The Kier molecular flexibility index (Phi) is 4.75. The average molecular weight is 302 g/mol. The number of hydrogen-bond acceptors (Lipinski definition) is 5. The third-order valence-corrected chi connectivity index (χ3v) is 3.93. The van der Waals surface area contributed by atoms with Gasteiger partial charge in [-0.1, -0.05) is 30.3 Å². The van der Waals surface area contributed by atoms with E-state index in [1.165, 1.54) is 20.3 Å². The van der Waals surface area contributed by atoms with Gasteiger partial charge in [0.1, 0.15) is 0 Å². The molecule has 0 heterocycles. The Bertz CT molecular complexity index is 599. The number of benzene rings is 1. The number of allylic oxidation sites excluding steroid dienone is 2. The van der Waals surface area contributed by atoms with E-state index in [1.807, 2.05) is 30.3 Å². The van der Waals surface area contributed by atoms with Crippen LogP contribution in [0.25, 0.3) is 5.57 Å². The number of carbonyl (C=O) groups excluding carboxylic acids is 3. The molecule has 0 amide bonds. The number of hydrogen-bond donors (Lipinski definition) is 0. The van der Waals surface area contributed by atoms with Gasteiger partial charge in [0, 0.05) is 6.42 Å². The van der Waals surface area contributed by atoms with Gasteiger partial charge in [0.05, 0.1) is 14.2 Å². The first-order chi connectivity index (χ1) is 10.5. The molecule has 0 fully saturated rings. The van der Waals surface area contributed by atoms with Gasteiger partial charge in [-0.3, -0.25) is 14.4 Å². The molecule has 0 bridgehead atoms. The summed E-state index contributed by atoms with van der Waals surface area (Å²) in [6, 6.07) is 9.42. The summed E-state index contributed by atoms with van der Waals surface area (Å²) in [4.78, 5) is 36.5. The molecule has 0 unspecified atom stereocenters. The fourth-order valence-corrected chi connectivity index (χ4v) is 2.75. The maximum absolute atomic E-state index is 12.2. The summed E-state index contributed by atoms with van der Waals surface area (Å²) in [5.41, 5.74) is 0.148. The summed E-state index contributed by atoms with van der Waals surface area (Å²) in [5.74, 6) is -1.74. The molecule has 0 saturated heterocycles. The summed E-state index contributed by atoms with van der Waals surface area (Å²) >= 11 is 0. The van der Waals surface area contributed by atoms with Crippen molar-refractivity contribution in [3.63, 3.8) is 0 Å². The van der Waals surface area contributed by atoms with E-state index in [4.69, 9.17) is 9.47 Å². The van der Waals surface area contributed by atoms with Crippen molar-refractivity contribution >= 4 is 23.3 Å². The van der Waals surface area contributed by atoms with E-state index in [-0.39, 0.29) is 18.6 Å². The van der Waals surface area contributed by atoms with Crippen LogP contribution in [-0.4, -0.2) is 31.9 Å². The maximum atomic E-state index is 12.2. The fourth-order valence-electron chi connectivity index (χ4n) is 2.75. The average Bonchev–Trinajstić information content (AvgIpc) is 2.74. The van der Waals surface area contributed by atoms with Crippen molar-refractivity contribution in [3.8, 4) is 0 Å². The van der Waals surface area contributed by atoms with E-state index in [0.29, 0.717) is 6.42 Å². The second-order valence-corrected chi connectivity index (χ2v) is 5.24. The van der Waals surface area contributed by atoms with Gasteiger partial charge < -0.3 is 9.47 Å². The predicted octanol–water partition coefficient (Wildman–Crippen LogP) is 2.16. The van der Waals surface area contributed by atoms with Crippen LogP contribution in [0.1, 0.15) is 24.8 Å². The zero-order valence-corrected chi connectivity index (χ0v) is 12.6. The number of methoxy groups -OCH3 is 2. The molecule has 1 aliphatic carbocycles. The maximum Gasteiger partial charge on any atom is 0.323 e. The first-order valence-electron chi connectivity index (χ1n) is 6.99. The highest BCUT2D eigenvalue weighted by Crippen LogP contribution is 2.38. The molecular weight excluding hydrogens is 284 g/mol. The van der Waals surface area contributed by atoms with E-state index in [2.05, 4.69) is 0 Å². The molecule has 22 heavy (non-hydrogen) atoms. The highest BCUT2D eigenvalue weighted by molar-refractivity contribution is 6.08. The summed E-state index contributed by atoms with van der Waals surface area (Å²) in [5, 5.41) is 0.